The molecule has 1 unspecified atom stereocenters. The van der Waals surface area contributed by atoms with E-state index in [2.05, 4.69) is 15.5 Å². The van der Waals surface area contributed by atoms with Gasteiger partial charge >= 0.3 is 5.97 Å². The summed E-state index contributed by atoms with van der Waals surface area (Å²) in [7, 11) is 0. The fourth-order valence-corrected chi connectivity index (χ4v) is 2.20. The highest BCUT2D eigenvalue weighted by Gasteiger charge is 2.17. The lowest BCUT2D eigenvalue weighted by atomic mass is 10.2. The Labute approximate surface area is 144 Å². The topological polar surface area (TPSA) is 105 Å². The second-order valence-electron chi connectivity index (χ2n) is 5.24. The van der Waals surface area contributed by atoms with Gasteiger partial charge in [0.25, 0.3) is 0 Å². The van der Waals surface area contributed by atoms with Gasteiger partial charge in [-0.05, 0) is 37.1 Å². The smallest absolute Gasteiger partial charge is 0.326 e. The number of aliphatic carboxylic acids is 1. The van der Waals surface area contributed by atoms with Crippen LogP contribution in [-0.2, 0) is 16.0 Å². The van der Waals surface area contributed by atoms with Crippen LogP contribution in [0.15, 0.2) is 28.8 Å². The minimum atomic E-state index is -1.03. The van der Waals surface area contributed by atoms with Gasteiger partial charge in [-0.15, -0.1) is 0 Å². The van der Waals surface area contributed by atoms with E-state index in [1.807, 2.05) is 0 Å². The maximum atomic E-state index is 11.7. The molecule has 1 aromatic carbocycles. The van der Waals surface area contributed by atoms with Crippen molar-refractivity contribution in [2.75, 3.05) is 0 Å². The van der Waals surface area contributed by atoms with Crippen molar-refractivity contribution in [3.8, 4) is 11.4 Å². The van der Waals surface area contributed by atoms with Crippen molar-refractivity contribution in [2.24, 2.45) is 0 Å². The zero-order chi connectivity index (χ0) is 17.5. The molecule has 24 heavy (non-hydrogen) atoms. The van der Waals surface area contributed by atoms with E-state index in [-0.39, 0.29) is 12.3 Å². The summed E-state index contributed by atoms with van der Waals surface area (Å²) in [5.41, 5.74) is 0.791. The van der Waals surface area contributed by atoms with Crippen molar-refractivity contribution in [3.63, 3.8) is 0 Å². The van der Waals surface area contributed by atoms with Gasteiger partial charge in [-0.25, -0.2) is 4.79 Å². The van der Waals surface area contributed by atoms with Gasteiger partial charge in [0, 0.05) is 23.4 Å². The van der Waals surface area contributed by atoms with Crippen LogP contribution in [0.2, 0.25) is 5.02 Å². The van der Waals surface area contributed by atoms with Crippen LogP contribution in [0.25, 0.3) is 11.4 Å². The average molecular weight is 352 g/mol. The third-order valence-corrected chi connectivity index (χ3v) is 3.66. The number of benzene rings is 1. The third kappa shape index (κ3) is 5.06. The predicted molar refractivity (Wildman–Crippen MR) is 87.5 cm³/mol. The summed E-state index contributed by atoms with van der Waals surface area (Å²) in [6, 6.07) is 6.22. The van der Waals surface area contributed by atoms with Gasteiger partial charge in [0.1, 0.15) is 6.04 Å². The van der Waals surface area contributed by atoms with Crippen molar-refractivity contribution < 1.29 is 19.2 Å². The van der Waals surface area contributed by atoms with Crippen LogP contribution >= 0.6 is 11.6 Å². The summed E-state index contributed by atoms with van der Waals surface area (Å²) < 4.78 is 5.15. The number of hydrogen-bond acceptors (Lipinski definition) is 5. The van der Waals surface area contributed by atoms with Gasteiger partial charge in [0.2, 0.25) is 17.6 Å². The summed E-state index contributed by atoms with van der Waals surface area (Å²) >= 11 is 5.83. The molecule has 0 radical (unpaired) electrons. The van der Waals surface area contributed by atoms with Gasteiger partial charge in [-0.2, -0.15) is 4.98 Å². The molecule has 0 aliphatic heterocycles. The van der Waals surface area contributed by atoms with Crippen LogP contribution in [0, 0.1) is 0 Å². The van der Waals surface area contributed by atoms with Crippen LogP contribution < -0.4 is 5.32 Å². The second kappa shape index (κ2) is 8.44. The number of aromatic nitrogens is 2. The van der Waals surface area contributed by atoms with Crippen molar-refractivity contribution in [2.45, 2.75) is 38.6 Å². The summed E-state index contributed by atoms with van der Waals surface area (Å²) in [6.45, 7) is 1.70. The number of carboxylic acid groups (broad SMARTS) is 1. The first-order chi connectivity index (χ1) is 11.5. The molecule has 8 heteroatoms. The number of nitrogens with zero attached hydrogens (tertiary/aromatic N) is 2. The molecular weight excluding hydrogens is 334 g/mol. The van der Waals surface area contributed by atoms with E-state index in [1.165, 1.54) is 0 Å². The highest BCUT2D eigenvalue weighted by atomic mass is 35.5. The molecule has 128 valence electrons. The Balaban J connectivity index is 1.82. The summed E-state index contributed by atoms with van der Waals surface area (Å²) in [4.78, 5) is 26.8. The van der Waals surface area contributed by atoms with Crippen LogP contribution in [-0.4, -0.2) is 33.2 Å². The predicted octanol–water partition coefficient (Wildman–Crippen LogP) is 2.69. The lowest BCUT2D eigenvalue weighted by molar-refractivity contribution is -0.141. The Bertz CT molecular complexity index is 700. The summed E-state index contributed by atoms with van der Waals surface area (Å²) in [5, 5.41) is 15.9. The molecule has 1 aromatic heterocycles. The summed E-state index contributed by atoms with van der Waals surface area (Å²) in [5.74, 6) is -0.446. The molecule has 1 amide bonds. The van der Waals surface area contributed by atoms with Crippen molar-refractivity contribution in [1.29, 1.82) is 0 Å². The van der Waals surface area contributed by atoms with Gasteiger partial charge < -0.3 is 14.9 Å². The van der Waals surface area contributed by atoms with E-state index >= 15 is 0 Å². The zero-order valence-electron chi connectivity index (χ0n) is 13.2. The van der Waals surface area contributed by atoms with Gasteiger partial charge in [-0.3, -0.25) is 4.79 Å². The highest BCUT2D eigenvalue weighted by molar-refractivity contribution is 6.30. The average Bonchev–Trinajstić information content (AvgIpc) is 3.02. The van der Waals surface area contributed by atoms with E-state index in [4.69, 9.17) is 21.2 Å². The monoisotopic (exact) mass is 351 g/mol. The molecule has 0 saturated carbocycles. The van der Waals surface area contributed by atoms with Gasteiger partial charge in [-0.1, -0.05) is 23.7 Å². The minimum absolute atomic E-state index is 0.197. The fraction of sp³-hybridized carbons (Fsp3) is 0.375. The quantitative estimate of drug-likeness (QED) is 0.757. The van der Waals surface area contributed by atoms with Crippen LogP contribution in [0.4, 0.5) is 0 Å². The molecule has 2 rings (SSSR count). The molecule has 0 aliphatic carbocycles. The number of carbonyl (C=O) groups is 2. The second-order valence-corrected chi connectivity index (χ2v) is 5.68. The molecule has 1 heterocycles. The normalized spacial score (nSPS) is 11.9. The van der Waals surface area contributed by atoms with Gasteiger partial charge in [0.05, 0.1) is 0 Å². The molecule has 2 N–H and O–H groups in total. The molecule has 0 saturated heterocycles. The number of hydrogen-bond donors (Lipinski definition) is 2. The first-order valence-corrected chi connectivity index (χ1v) is 7.98. The fourth-order valence-electron chi connectivity index (χ4n) is 2.08. The Morgan fingerprint density at radius 2 is 2.04 bits per heavy atom. The lowest BCUT2D eigenvalue weighted by Gasteiger charge is -2.11. The Morgan fingerprint density at radius 1 is 1.33 bits per heavy atom. The minimum Gasteiger partial charge on any atom is -0.480 e. The van der Waals surface area contributed by atoms with E-state index in [1.54, 1.807) is 31.2 Å². The Morgan fingerprint density at radius 3 is 2.67 bits per heavy atom. The van der Waals surface area contributed by atoms with Crippen LogP contribution in [0.3, 0.4) is 0 Å². The summed E-state index contributed by atoms with van der Waals surface area (Å²) in [6.07, 6.45) is 1.47. The van der Waals surface area contributed by atoms with Gasteiger partial charge in [0.15, 0.2) is 0 Å². The largest absolute Gasteiger partial charge is 0.480 e. The number of halogens is 1. The molecule has 0 spiro atoms. The van der Waals surface area contributed by atoms with Crippen molar-refractivity contribution in [1.82, 2.24) is 15.5 Å². The molecule has 0 bridgehead atoms. The van der Waals surface area contributed by atoms with E-state index < -0.39 is 12.0 Å². The Kier molecular flexibility index (Phi) is 6.31. The standard InChI is InChI=1S/C16H18ClN3O4/c1-2-12(16(22)23)18-13(21)4-3-5-14-19-15(20-24-14)10-6-8-11(17)9-7-10/h6-9,12H,2-5H2,1H3,(H,18,21)(H,22,23). The molecule has 0 fully saturated rings. The zero-order valence-corrected chi connectivity index (χ0v) is 13.9. The third-order valence-electron chi connectivity index (χ3n) is 3.41. The van der Waals surface area contributed by atoms with Crippen LogP contribution in [0.1, 0.15) is 32.1 Å². The number of carbonyl (C=O) groups excluding carboxylic acids is 1. The molecule has 2 aromatic rings. The number of nitrogens with one attached hydrogen (secondary N) is 1. The molecule has 7 nitrogen and oxygen atoms in total. The maximum absolute atomic E-state index is 11.7. The van der Waals surface area contributed by atoms with Crippen molar-refractivity contribution in [3.05, 3.63) is 35.2 Å². The SMILES string of the molecule is CCC(NC(=O)CCCc1nc(-c2ccc(Cl)cc2)no1)C(=O)O. The van der Waals surface area contributed by atoms with Crippen molar-refractivity contribution >= 4 is 23.5 Å². The van der Waals surface area contributed by atoms with E-state index in [0.29, 0.717) is 36.0 Å². The molecule has 0 aliphatic rings. The number of amides is 1. The molecular formula is C16H18ClN3O4. The molecule has 1 atom stereocenters. The maximum Gasteiger partial charge on any atom is 0.326 e. The first kappa shape index (κ1) is 17.9. The number of rotatable bonds is 8. The number of carboxylic acids is 1. The number of aryl methyl sites for hydroxylation is 1. The van der Waals surface area contributed by atoms with E-state index in [0.717, 1.165) is 5.56 Å². The van der Waals surface area contributed by atoms with Crippen LogP contribution in [0.5, 0.6) is 0 Å². The lowest BCUT2D eigenvalue weighted by Crippen LogP contribution is -2.40. The first-order valence-electron chi connectivity index (χ1n) is 7.60. The Hall–Kier alpha value is -2.41. The van der Waals surface area contributed by atoms with E-state index in [9.17, 15) is 9.59 Å². The highest BCUT2D eigenvalue weighted by Crippen LogP contribution is 2.19.